The highest BCUT2D eigenvalue weighted by Gasteiger charge is 1.94. The van der Waals surface area contributed by atoms with Crippen LogP contribution in [-0.4, -0.2) is 39.0 Å². The molecule has 4 heteroatoms. The summed E-state index contributed by atoms with van der Waals surface area (Å²) >= 11 is 0. The number of esters is 1. The van der Waals surface area contributed by atoms with Gasteiger partial charge in [0.15, 0.2) is 0 Å². The first kappa shape index (κ1) is 12.1. The normalized spacial score (nSPS) is 9.62. The van der Waals surface area contributed by atoms with Gasteiger partial charge in [0.05, 0.1) is 19.8 Å². The van der Waals surface area contributed by atoms with Crippen molar-refractivity contribution in [3.63, 3.8) is 0 Å². The lowest BCUT2D eigenvalue weighted by atomic mass is 10.6. The van der Waals surface area contributed by atoms with Crippen molar-refractivity contribution in [2.24, 2.45) is 0 Å². The number of carbonyl (C=O) groups excluding carboxylic acids is 1. The van der Waals surface area contributed by atoms with Crippen LogP contribution < -0.4 is 0 Å². The van der Waals surface area contributed by atoms with E-state index in [2.05, 4.69) is 18.2 Å². The van der Waals surface area contributed by atoms with Gasteiger partial charge >= 0.3 is 5.97 Å². The monoisotopic (exact) mass is 187 g/mol. The molecule has 0 fully saturated rings. The van der Waals surface area contributed by atoms with E-state index < -0.39 is 5.97 Å². The van der Waals surface area contributed by atoms with Crippen LogP contribution in [0.15, 0.2) is 12.7 Å². The molecule has 0 atom stereocenters. The fraction of sp³-hybridized carbons (Fsp3) is 0.556. The largest absolute Gasteiger partial charge is 0.460 e. The molecule has 4 nitrogen and oxygen atoms in total. The van der Waals surface area contributed by atoms with Gasteiger partial charge in [0, 0.05) is 12.7 Å². The summed E-state index contributed by atoms with van der Waals surface area (Å²) in [6, 6.07) is 0. The maximum absolute atomic E-state index is 10.5. The average Bonchev–Trinajstić information content (AvgIpc) is 2.16. The van der Waals surface area contributed by atoms with Crippen molar-refractivity contribution in [1.29, 1.82) is 0 Å². The van der Waals surface area contributed by atoms with Crippen molar-refractivity contribution in [3.05, 3.63) is 19.6 Å². The first-order valence-electron chi connectivity index (χ1n) is 4.05. The second kappa shape index (κ2) is 9.22. The number of ether oxygens (including phenoxy) is 3. The SMILES string of the molecule is [CH2]COCCOCCOC(=O)C=C. The summed E-state index contributed by atoms with van der Waals surface area (Å²) in [5.41, 5.74) is 0. The molecule has 13 heavy (non-hydrogen) atoms. The van der Waals surface area contributed by atoms with E-state index in [1.165, 1.54) is 0 Å². The van der Waals surface area contributed by atoms with Gasteiger partial charge in [0.2, 0.25) is 0 Å². The van der Waals surface area contributed by atoms with E-state index in [4.69, 9.17) is 9.47 Å². The average molecular weight is 187 g/mol. The minimum Gasteiger partial charge on any atom is -0.460 e. The molecule has 0 N–H and O–H groups in total. The van der Waals surface area contributed by atoms with Gasteiger partial charge in [0.25, 0.3) is 0 Å². The van der Waals surface area contributed by atoms with Gasteiger partial charge in [-0.3, -0.25) is 0 Å². The van der Waals surface area contributed by atoms with Crippen LogP contribution in [0, 0.1) is 6.92 Å². The Morgan fingerprint density at radius 1 is 1.15 bits per heavy atom. The van der Waals surface area contributed by atoms with Crippen LogP contribution in [0.3, 0.4) is 0 Å². The van der Waals surface area contributed by atoms with Crippen LogP contribution in [0.5, 0.6) is 0 Å². The second-order valence-corrected chi connectivity index (χ2v) is 2.10. The summed E-state index contributed by atoms with van der Waals surface area (Å²) in [5, 5.41) is 0. The molecule has 0 rings (SSSR count). The molecule has 0 unspecified atom stereocenters. The molecule has 0 aromatic carbocycles. The summed E-state index contributed by atoms with van der Waals surface area (Å²) in [6.07, 6.45) is 1.12. The van der Waals surface area contributed by atoms with Crippen LogP contribution in [0.1, 0.15) is 0 Å². The summed E-state index contributed by atoms with van der Waals surface area (Å²) in [6.45, 7) is 8.81. The third-order valence-electron chi connectivity index (χ3n) is 1.16. The lowest BCUT2D eigenvalue weighted by Gasteiger charge is -2.04. The van der Waals surface area contributed by atoms with Crippen LogP contribution >= 0.6 is 0 Å². The first-order valence-corrected chi connectivity index (χ1v) is 4.05. The number of hydrogen-bond donors (Lipinski definition) is 0. The number of carbonyl (C=O) groups is 1. The maximum atomic E-state index is 10.5. The molecule has 0 aromatic rings. The minimum atomic E-state index is -0.433. The number of hydrogen-bond acceptors (Lipinski definition) is 4. The van der Waals surface area contributed by atoms with Crippen molar-refractivity contribution < 1.29 is 19.0 Å². The van der Waals surface area contributed by atoms with Crippen LogP contribution in [-0.2, 0) is 19.0 Å². The molecule has 0 aliphatic heterocycles. The summed E-state index contributed by atoms with van der Waals surface area (Å²) in [5.74, 6) is -0.433. The van der Waals surface area contributed by atoms with Crippen LogP contribution in [0.2, 0.25) is 0 Å². The van der Waals surface area contributed by atoms with E-state index in [1.54, 1.807) is 0 Å². The summed E-state index contributed by atoms with van der Waals surface area (Å²) in [4.78, 5) is 10.5. The van der Waals surface area contributed by atoms with E-state index in [9.17, 15) is 4.79 Å². The van der Waals surface area contributed by atoms with E-state index in [-0.39, 0.29) is 6.61 Å². The van der Waals surface area contributed by atoms with Gasteiger partial charge in [-0.15, -0.1) is 0 Å². The van der Waals surface area contributed by atoms with Crippen molar-refractivity contribution in [2.45, 2.75) is 0 Å². The van der Waals surface area contributed by atoms with Crippen molar-refractivity contribution >= 4 is 5.97 Å². The van der Waals surface area contributed by atoms with E-state index in [1.807, 2.05) is 0 Å². The predicted molar refractivity (Wildman–Crippen MR) is 48.2 cm³/mol. The smallest absolute Gasteiger partial charge is 0.330 e. The molecule has 0 amide bonds. The Morgan fingerprint density at radius 3 is 2.38 bits per heavy atom. The van der Waals surface area contributed by atoms with Crippen molar-refractivity contribution in [3.8, 4) is 0 Å². The molecule has 0 bridgehead atoms. The Balaban J connectivity index is 2.99. The quantitative estimate of drug-likeness (QED) is 0.317. The molecule has 0 aromatic heterocycles. The zero-order valence-corrected chi connectivity index (χ0v) is 7.66. The summed E-state index contributed by atoms with van der Waals surface area (Å²) < 4.78 is 14.7. The molecule has 0 aliphatic rings. The van der Waals surface area contributed by atoms with Gasteiger partial charge in [-0.1, -0.05) is 6.58 Å². The van der Waals surface area contributed by atoms with Gasteiger partial charge in [-0.25, -0.2) is 4.79 Å². The molecule has 0 spiro atoms. The molecular weight excluding hydrogens is 172 g/mol. The summed E-state index contributed by atoms with van der Waals surface area (Å²) in [7, 11) is 0. The molecule has 0 aliphatic carbocycles. The zero-order valence-electron chi connectivity index (χ0n) is 7.66. The minimum absolute atomic E-state index is 0.245. The van der Waals surface area contributed by atoms with Gasteiger partial charge < -0.3 is 14.2 Å². The molecule has 0 heterocycles. The molecule has 75 valence electrons. The zero-order chi connectivity index (χ0) is 9.94. The number of rotatable bonds is 8. The maximum Gasteiger partial charge on any atom is 0.330 e. The third kappa shape index (κ3) is 9.04. The fourth-order valence-electron chi connectivity index (χ4n) is 0.582. The standard InChI is InChI=1S/C9H15O4/c1-3-9(10)13-8-7-12-6-5-11-4-2/h3H,1-2,4-8H2. The van der Waals surface area contributed by atoms with Crippen molar-refractivity contribution in [1.82, 2.24) is 0 Å². The molecule has 1 radical (unpaired) electrons. The lowest BCUT2D eigenvalue weighted by Crippen LogP contribution is -2.11. The molecule has 0 saturated heterocycles. The van der Waals surface area contributed by atoms with Gasteiger partial charge in [0.1, 0.15) is 6.61 Å². The van der Waals surface area contributed by atoms with Crippen molar-refractivity contribution in [2.75, 3.05) is 33.0 Å². The Morgan fingerprint density at radius 2 is 1.77 bits per heavy atom. The third-order valence-corrected chi connectivity index (χ3v) is 1.16. The highest BCUT2D eigenvalue weighted by molar-refractivity contribution is 5.81. The lowest BCUT2D eigenvalue weighted by molar-refractivity contribution is -0.139. The van der Waals surface area contributed by atoms with E-state index in [0.29, 0.717) is 26.4 Å². The van der Waals surface area contributed by atoms with E-state index in [0.717, 1.165) is 6.08 Å². The predicted octanol–water partition coefficient (Wildman–Crippen LogP) is 0.583. The topological polar surface area (TPSA) is 44.8 Å². The highest BCUT2D eigenvalue weighted by Crippen LogP contribution is 1.82. The van der Waals surface area contributed by atoms with Gasteiger partial charge in [-0.05, 0) is 6.92 Å². The Hall–Kier alpha value is -0.870. The first-order chi connectivity index (χ1) is 6.31. The fourth-order valence-corrected chi connectivity index (χ4v) is 0.582. The molecular formula is C9H15O4. The van der Waals surface area contributed by atoms with E-state index >= 15 is 0 Å². The Kier molecular flexibility index (Phi) is 8.60. The molecule has 0 saturated carbocycles. The van der Waals surface area contributed by atoms with Gasteiger partial charge in [-0.2, -0.15) is 0 Å². The second-order valence-electron chi connectivity index (χ2n) is 2.10. The highest BCUT2D eigenvalue weighted by atomic mass is 16.6. The Labute approximate surface area is 78.5 Å². The Bertz CT molecular complexity index is 145. The van der Waals surface area contributed by atoms with Crippen LogP contribution in [0.4, 0.5) is 0 Å². The van der Waals surface area contributed by atoms with Crippen LogP contribution in [0.25, 0.3) is 0 Å².